The Bertz CT molecular complexity index is 594. The lowest BCUT2D eigenvalue weighted by Crippen LogP contribution is -2.16. The summed E-state index contributed by atoms with van der Waals surface area (Å²) in [5.41, 5.74) is 2.49. The number of benzene rings is 1. The van der Waals surface area contributed by atoms with E-state index in [0.717, 1.165) is 5.56 Å². The number of amides is 1. The Morgan fingerprint density at radius 2 is 2.00 bits per heavy atom. The molecule has 0 saturated carbocycles. The summed E-state index contributed by atoms with van der Waals surface area (Å²) in [5, 5.41) is 12.5. The molecule has 4 heteroatoms. The fourth-order valence-electron chi connectivity index (χ4n) is 1.88. The standard InChI is InChI=1S/C15H16N2O2/c1-10-6-5-9-16-14(10)15(19)17-13-8-4-3-7-12(13)11(2)18/h3-9,11,18H,1-2H3,(H,17,19). The molecule has 1 unspecified atom stereocenters. The van der Waals surface area contributed by atoms with Crippen molar-refractivity contribution < 1.29 is 9.90 Å². The number of anilines is 1. The number of pyridine rings is 1. The van der Waals surface area contributed by atoms with Crippen molar-refractivity contribution in [3.63, 3.8) is 0 Å². The third kappa shape index (κ3) is 2.98. The lowest BCUT2D eigenvalue weighted by molar-refractivity contribution is 0.102. The van der Waals surface area contributed by atoms with Gasteiger partial charge in [-0.15, -0.1) is 0 Å². The number of aryl methyl sites for hydroxylation is 1. The maximum atomic E-state index is 12.2. The molecule has 0 saturated heterocycles. The predicted octanol–water partition coefficient (Wildman–Crippen LogP) is 2.70. The van der Waals surface area contributed by atoms with Crippen LogP contribution in [0.1, 0.15) is 34.6 Å². The van der Waals surface area contributed by atoms with Gasteiger partial charge in [0.05, 0.1) is 6.10 Å². The van der Waals surface area contributed by atoms with Crippen molar-refractivity contribution in [3.05, 3.63) is 59.4 Å². The molecule has 0 aliphatic carbocycles. The first-order chi connectivity index (χ1) is 9.09. The first kappa shape index (κ1) is 13.2. The smallest absolute Gasteiger partial charge is 0.274 e. The summed E-state index contributed by atoms with van der Waals surface area (Å²) in [6, 6.07) is 10.8. The molecule has 2 rings (SSSR count). The van der Waals surface area contributed by atoms with E-state index in [1.165, 1.54) is 0 Å². The average Bonchev–Trinajstić information content (AvgIpc) is 2.39. The number of para-hydroxylation sites is 1. The van der Waals surface area contributed by atoms with Crippen LogP contribution in [0.3, 0.4) is 0 Å². The minimum absolute atomic E-state index is 0.272. The summed E-state index contributed by atoms with van der Waals surface area (Å²) in [6.45, 7) is 3.50. The van der Waals surface area contributed by atoms with Gasteiger partial charge in [0.15, 0.2) is 0 Å². The third-order valence-electron chi connectivity index (χ3n) is 2.88. The summed E-state index contributed by atoms with van der Waals surface area (Å²) in [5.74, 6) is -0.272. The minimum atomic E-state index is -0.638. The van der Waals surface area contributed by atoms with Gasteiger partial charge in [0.2, 0.25) is 0 Å². The second-order valence-electron chi connectivity index (χ2n) is 4.39. The van der Waals surface area contributed by atoms with E-state index in [4.69, 9.17) is 0 Å². The summed E-state index contributed by atoms with van der Waals surface area (Å²) in [4.78, 5) is 16.2. The first-order valence-corrected chi connectivity index (χ1v) is 6.09. The molecule has 98 valence electrons. The summed E-state index contributed by atoms with van der Waals surface area (Å²) >= 11 is 0. The lowest BCUT2D eigenvalue weighted by Gasteiger charge is -2.13. The van der Waals surface area contributed by atoms with Crippen molar-refractivity contribution in [2.75, 3.05) is 5.32 Å². The van der Waals surface area contributed by atoms with Gasteiger partial charge in [0, 0.05) is 17.4 Å². The minimum Gasteiger partial charge on any atom is -0.389 e. The van der Waals surface area contributed by atoms with Crippen LogP contribution < -0.4 is 5.32 Å². The molecule has 2 N–H and O–H groups in total. The highest BCUT2D eigenvalue weighted by molar-refractivity contribution is 6.04. The van der Waals surface area contributed by atoms with Gasteiger partial charge in [-0.05, 0) is 31.5 Å². The fraction of sp³-hybridized carbons (Fsp3) is 0.200. The van der Waals surface area contributed by atoms with Crippen molar-refractivity contribution in [2.45, 2.75) is 20.0 Å². The van der Waals surface area contributed by atoms with Gasteiger partial charge < -0.3 is 10.4 Å². The van der Waals surface area contributed by atoms with Crippen LogP contribution in [0.4, 0.5) is 5.69 Å². The van der Waals surface area contributed by atoms with Crippen molar-refractivity contribution in [1.29, 1.82) is 0 Å². The van der Waals surface area contributed by atoms with Gasteiger partial charge >= 0.3 is 0 Å². The Morgan fingerprint density at radius 3 is 2.68 bits per heavy atom. The van der Waals surface area contributed by atoms with Crippen LogP contribution in [0.25, 0.3) is 0 Å². The van der Waals surface area contributed by atoms with E-state index in [1.54, 1.807) is 31.3 Å². The van der Waals surface area contributed by atoms with Crippen molar-refractivity contribution in [1.82, 2.24) is 4.98 Å². The highest BCUT2D eigenvalue weighted by atomic mass is 16.3. The lowest BCUT2D eigenvalue weighted by atomic mass is 10.1. The average molecular weight is 256 g/mol. The number of rotatable bonds is 3. The number of aliphatic hydroxyl groups is 1. The van der Waals surface area contributed by atoms with Gasteiger partial charge in [0.25, 0.3) is 5.91 Å². The van der Waals surface area contributed by atoms with Crippen molar-refractivity contribution >= 4 is 11.6 Å². The van der Waals surface area contributed by atoms with Gasteiger partial charge in [0.1, 0.15) is 5.69 Å². The van der Waals surface area contributed by atoms with E-state index in [-0.39, 0.29) is 5.91 Å². The molecule has 0 spiro atoms. The zero-order chi connectivity index (χ0) is 13.8. The number of hydrogen-bond donors (Lipinski definition) is 2. The van der Waals surface area contributed by atoms with Gasteiger partial charge in [-0.2, -0.15) is 0 Å². The largest absolute Gasteiger partial charge is 0.389 e. The third-order valence-corrected chi connectivity index (χ3v) is 2.88. The number of carbonyl (C=O) groups excluding carboxylic acids is 1. The Kier molecular flexibility index (Phi) is 3.92. The molecule has 1 aromatic heterocycles. The number of aromatic nitrogens is 1. The van der Waals surface area contributed by atoms with E-state index in [2.05, 4.69) is 10.3 Å². The molecule has 19 heavy (non-hydrogen) atoms. The van der Waals surface area contributed by atoms with Crippen LogP contribution in [0.5, 0.6) is 0 Å². The molecule has 0 fully saturated rings. The normalized spacial score (nSPS) is 11.9. The Labute approximate surface area is 112 Å². The van der Waals surface area contributed by atoms with Crippen LogP contribution in [-0.4, -0.2) is 16.0 Å². The molecule has 2 aromatic rings. The molecule has 1 heterocycles. The number of aliphatic hydroxyl groups excluding tert-OH is 1. The van der Waals surface area contributed by atoms with Gasteiger partial charge in [-0.25, -0.2) is 0 Å². The summed E-state index contributed by atoms with van der Waals surface area (Å²) in [6.07, 6.45) is 0.948. The number of hydrogen-bond acceptors (Lipinski definition) is 3. The highest BCUT2D eigenvalue weighted by Gasteiger charge is 2.13. The van der Waals surface area contributed by atoms with E-state index in [1.807, 2.05) is 25.1 Å². The zero-order valence-corrected chi connectivity index (χ0v) is 10.9. The van der Waals surface area contributed by atoms with E-state index in [0.29, 0.717) is 16.9 Å². The van der Waals surface area contributed by atoms with Crippen molar-refractivity contribution in [3.8, 4) is 0 Å². The highest BCUT2D eigenvalue weighted by Crippen LogP contribution is 2.22. The topological polar surface area (TPSA) is 62.2 Å². The molecule has 1 atom stereocenters. The monoisotopic (exact) mass is 256 g/mol. The SMILES string of the molecule is Cc1cccnc1C(=O)Nc1ccccc1C(C)O. The molecule has 1 aromatic carbocycles. The second-order valence-corrected chi connectivity index (χ2v) is 4.39. The summed E-state index contributed by atoms with van der Waals surface area (Å²) < 4.78 is 0. The van der Waals surface area contributed by atoms with E-state index in [9.17, 15) is 9.90 Å². The zero-order valence-electron chi connectivity index (χ0n) is 10.9. The molecular weight excluding hydrogens is 240 g/mol. The Morgan fingerprint density at radius 1 is 1.26 bits per heavy atom. The molecule has 0 bridgehead atoms. The maximum absolute atomic E-state index is 12.2. The molecule has 0 radical (unpaired) electrons. The summed E-state index contributed by atoms with van der Waals surface area (Å²) in [7, 11) is 0. The maximum Gasteiger partial charge on any atom is 0.274 e. The Hall–Kier alpha value is -2.20. The van der Waals surface area contributed by atoms with Crippen LogP contribution >= 0.6 is 0 Å². The van der Waals surface area contributed by atoms with Crippen LogP contribution in [-0.2, 0) is 0 Å². The van der Waals surface area contributed by atoms with Crippen LogP contribution in [0, 0.1) is 6.92 Å². The predicted molar refractivity (Wildman–Crippen MR) is 74.0 cm³/mol. The molecule has 0 aliphatic heterocycles. The quantitative estimate of drug-likeness (QED) is 0.887. The van der Waals surface area contributed by atoms with E-state index < -0.39 is 6.10 Å². The number of carbonyl (C=O) groups is 1. The molecular formula is C15H16N2O2. The van der Waals surface area contributed by atoms with Gasteiger partial charge in [-0.1, -0.05) is 24.3 Å². The Balaban J connectivity index is 2.27. The van der Waals surface area contributed by atoms with Gasteiger partial charge in [-0.3, -0.25) is 9.78 Å². The molecule has 4 nitrogen and oxygen atoms in total. The fourth-order valence-corrected chi connectivity index (χ4v) is 1.88. The second kappa shape index (κ2) is 5.63. The number of nitrogens with zero attached hydrogens (tertiary/aromatic N) is 1. The molecule has 0 aliphatic rings. The molecule has 1 amide bonds. The van der Waals surface area contributed by atoms with Crippen molar-refractivity contribution in [2.24, 2.45) is 0 Å². The van der Waals surface area contributed by atoms with E-state index >= 15 is 0 Å². The van der Waals surface area contributed by atoms with Crippen LogP contribution in [0.2, 0.25) is 0 Å². The first-order valence-electron chi connectivity index (χ1n) is 6.09. The van der Waals surface area contributed by atoms with Crippen LogP contribution in [0.15, 0.2) is 42.6 Å². The number of nitrogens with one attached hydrogen (secondary N) is 1.